The van der Waals surface area contributed by atoms with Crippen LogP contribution in [0.15, 0.2) is 60.7 Å². The van der Waals surface area contributed by atoms with Crippen molar-refractivity contribution >= 4 is 0 Å². The van der Waals surface area contributed by atoms with Crippen LogP contribution in [0.25, 0.3) is 0 Å². The largest absolute Gasteiger partial charge is 0.396 e. The molecular weight excluding hydrogens is 336 g/mol. The van der Waals surface area contributed by atoms with Gasteiger partial charge < -0.3 is 14.6 Å². The van der Waals surface area contributed by atoms with Gasteiger partial charge in [-0.2, -0.15) is 0 Å². The summed E-state index contributed by atoms with van der Waals surface area (Å²) in [5.41, 5.74) is 2.11. The molecule has 0 amide bonds. The van der Waals surface area contributed by atoms with Crippen molar-refractivity contribution in [3.63, 3.8) is 0 Å². The van der Waals surface area contributed by atoms with Crippen LogP contribution in [0.5, 0.6) is 0 Å². The molecule has 0 bridgehead atoms. The first-order valence-corrected chi connectivity index (χ1v) is 10.0. The summed E-state index contributed by atoms with van der Waals surface area (Å²) in [6.07, 6.45) is 3.79. The molecule has 3 nitrogen and oxygen atoms in total. The van der Waals surface area contributed by atoms with Gasteiger partial charge in [0.15, 0.2) is 0 Å². The fraction of sp³-hybridized carbons (Fsp3) is 0.500. The van der Waals surface area contributed by atoms with E-state index in [0.717, 1.165) is 25.9 Å². The van der Waals surface area contributed by atoms with Gasteiger partial charge in [-0.05, 0) is 43.2 Å². The minimum absolute atomic E-state index is 0.154. The maximum absolute atomic E-state index is 9.43. The summed E-state index contributed by atoms with van der Waals surface area (Å²) < 4.78 is 12.0. The molecule has 0 heterocycles. The molecule has 0 aliphatic rings. The maximum atomic E-state index is 9.43. The second kappa shape index (κ2) is 11.9. The molecule has 0 radical (unpaired) electrons. The van der Waals surface area contributed by atoms with E-state index >= 15 is 0 Å². The predicted molar refractivity (Wildman–Crippen MR) is 110 cm³/mol. The van der Waals surface area contributed by atoms with Gasteiger partial charge in [0.1, 0.15) is 0 Å². The van der Waals surface area contributed by atoms with Crippen LogP contribution < -0.4 is 0 Å². The average molecular weight is 371 g/mol. The lowest BCUT2D eigenvalue weighted by atomic mass is 9.92. The lowest BCUT2D eigenvalue weighted by Gasteiger charge is -2.30. The van der Waals surface area contributed by atoms with Crippen LogP contribution in [0, 0.1) is 5.92 Å². The predicted octanol–water partition coefficient (Wildman–Crippen LogP) is 5.37. The first-order valence-electron chi connectivity index (χ1n) is 10.0. The third kappa shape index (κ3) is 8.70. The topological polar surface area (TPSA) is 38.7 Å². The van der Waals surface area contributed by atoms with Gasteiger partial charge in [-0.3, -0.25) is 0 Å². The standard InChI is InChI=1S/C24H34O3/c1-21(18-26-19-22-11-5-3-6-12-22)10-9-15-24(2,16-17-25)27-20-23-13-7-4-8-14-23/h3-8,11-14,21,25H,9-10,15-20H2,1-2H3/t21-,24+/m1/s1. The zero-order chi connectivity index (χ0) is 19.4. The smallest absolute Gasteiger partial charge is 0.0724 e. The third-order valence-electron chi connectivity index (χ3n) is 4.99. The number of aliphatic hydroxyl groups excluding tert-OH is 1. The summed E-state index contributed by atoms with van der Waals surface area (Å²) in [6, 6.07) is 20.5. The van der Waals surface area contributed by atoms with Crippen LogP contribution in [0.2, 0.25) is 0 Å². The first-order chi connectivity index (χ1) is 13.1. The normalized spacial score (nSPS) is 14.6. The summed E-state index contributed by atoms with van der Waals surface area (Å²) in [5, 5.41) is 9.43. The number of rotatable bonds is 13. The van der Waals surface area contributed by atoms with Crippen molar-refractivity contribution in [1.29, 1.82) is 0 Å². The quantitative estimate of drug-likeness (QED) is 0.515. The highest BCUT2D eigenvalue weighted by atomic mass is 16.5. The number of ether oxygens (including phenoxy) is 2. The lowest BCUT2D eigenvalue weighted by molar-refractivity contribution is -0.0647. The SMILES string of the molecule is C[C@H](CCC[C@@](C)(CCO)OCc1ccccc1)COCc1ccccc1. The van der Waals surface area contributed by atoms with Crippen LogP contribution in [0.1, 0.15) is 50.7 Å². The molecule has 2 rings (SSSR count). The van der Waals surface area contributed by atoms with Crippen LogP contribution in [-0.4, -0.2) is 23.9 Å². The van der Waals surface area contributed by atoms with E-state index < -0.39 is 0 Å². The molecule has 0 spiro atoms. The molecule has 0 fully saturated rings. The Morgan fingerprint density at radius 2 is 1.48 bits per heavy atom. The Morgan fingerprint density at radius 1 is 0.889 bits per heavy atom. The van der Waals surface area contributed by atoms with E-state index in [1.54, 1.807) is 0 Å². The second-order valence-electron chi connectivity index (χ2n) is 7.70. The highest BCUT2D eigenvalue weighted by Gasteiger charge is 2.24. The molecule has 3 heteroatoms. The Kier molecular flexibility index (Phi) is 9.54. The number of hydrogen-bond donors (Lipinski definition) is 1. The molecule has 2 aromatic rings. The zero-order valence-electron chi connectivity index (χ0n) is 16.8. The molecule has 27 heavy (non-hydrogen) atoms. The minimum atomic E-state index is -0.283. The summed E-state index contributed by atoms with van der Waals surface area (Å²) in [5.74, 6) is 0.515. The van der Waals surface area contributed by atoms with Gasteiger partial charge in [-0.25, -0.2) is 0 Å². The van der Waals surface area contributed by atoms with Gasteiger partial charge in [-0.15, -0.1) is 0 Å². The van der Waals surface area contributed by atoms with E-state index in [4.69, 9.17) is 9.47 Å². The van der Waals surface area contributed by atoms with Gasteiger partial charge in [-0.1, -0.05) is 74.0 Å². The van der Waals surface area contributed by atoms with Gasteiger partial charge in [0.05, 0.1) is 18.8 Å². The highest BCUT2D eigenvalue weighted by Crippen LogP contribution is 2.25. The van der Waals surface area contributed by atoms with Crippen molar-refractivity contribution in [2.75, 3.05) is 13.2 Å². The first kappa shape index (κ1) is 21.6. The molecule has 148 valence electrons. The van der Waals surface area contributed by atoms with E-state index in [9.17, 15) is 5.11 Å². The molecule has 0 aromatic heterocycles. The van der Waals surface area contributed by atoms with Crippen LogP contribution in [0.3, 0.4) is 0 Å². The molecule has 0 aliphatic carbocycles. The van der Waals surface area contributed by atoms with Crippen molar-refractivity contribution < 1.29 is 14.6 Å². The zero-order valence-corrected chi connectivity index (χ0v) is 16.8. The minimum Gasteiger partial charge on any atom is -0.396 e. The molecule has 1 N–H and O–H groups in total. The van der Waals surface area contributed by atoms with Crippen LogP contribution in [-0.2, 0) is 22.7 Å². The van der Waals surface area contributed by atoms with Crippen molar-refractivity contribution in [1.82, 2.24) is 0 Å². The Morgan fingerprint density at radius 3 is 2.07 bits per heavy atom. The highest BCUT2D eigenvalue weighted by molar-refractivity contribution is 5.14. The van der Waals surface area contributed by atoms with E-state index in [-0.39, 0.29) is 12.2 Å². The van der Waals surface area contributed by atoms with Crippen molar-refractivity contribution in [2.24, 2.45) is 5.92 Å². The summed E-state index contributed by atoms with van der Waals surface area (Å²) in [4.78, 5) is 0. The van der Waals surface area contributed by atoms with Crippen molar-refractivity contribution in [3.8, 4) is 0 Å². The van der Waals surface area contributed by atoms with Crippen LogP contribution >= 0.6 is 0 Å². The Balaban J connectivity index is 1.67. The maximum Gasteiger partial charge on any atom is 0.0724 e. The second-order valence-corrected chi connectivity index (χ2v) is 7.70. The van der Waals surface area contributed by atoms with Gasteiger partial charge in [0.2, 0.25) is 0 Å². The molecule has 2 aromatic carbocycles. The number of hydrogen-bond acceptors (Lipinski definition) is 3. The number of benzene rings is 2. The molecular formula is C24H34O3. The van der Waals surface area contributed by atoms with Crippen molar-refractivity contribution in [3.05, 3.63) is 71.8 Å². The summed E-state index contributed by atoms with van der Waals surface area (Å²) in [6.45, 7) is 6.54. The molecule has 0 unspecified atom stereocenters. The average Bonchev–Trinajstić information content (AvgIpc) is 2.68. The van der Waals surface area contributed by atoms with E-state index in [1.807, 2.05) is 36.4 Å². The Hall–Kier alpha value is -1.68. The van der Waals surface area contributed by atoms with Gasteiger partial charge >= 0.3 is 0 Å². The summed E-state index contributed by atoms with van der Waals surface area (Å²) >= 11 is 0. The Bertz CT molecular complexity index is 614. The van der Waals surface area contributed by atoms with Gasteiger partial charge in [0.25, 0.3) is 0 Å². The van der Waals surface area contributed by atoms with Crippen LogP contribution in [0.4, 0.5) is 0 Å². The molecule has 0 aliphatic heterocycles. The fourth-order valence-corrected chi connectivity index (χ4v) is 3.20. The van der Waals surface area contributed by atoms with Gasteiger partial charge in [0, 0.05) is 13.2 Å². The molecule has 0 saturated heterocycles. The fourth-order valence-electron chi connectivity index (χ4n) is 3.20. The Labute approximate surface area is 164 Å². The molecule has 2 atom stereocenters. The van der Waals surface area contributed by atoms with Crippen molar-refractivity contribution in [2.45, 2.75) is 58.3 Å². The lowest BCUT2D eigenvalue weighted by Crippen LogP contribution is -2.30. The van der Waals surface area contributed by atoms with E-state index in [2.05, 4.69) is 38.1 Å². The van der Waals surface area contributed by atoms with E-state index in [1.165, 1.54) is 11.1 Å². The summed E-state index contributed by atoms with van der Waals surface area (Å²) in [7, 11) is 0. The third-order valence-corrected chi connectivity index (χ3v) is 4.99. The number of aliphatic hydroxyl groups is 1. The van der Waals surface area contributed by atoms with E-state index in [0.29, 0.717) is 25.6 Å². The molecule has 0 saturated carbocycles. The monoisotopic (exact) mass is 370 g/mol.